The highest BCUT2D eigenvalue weighted by Gasteiger charge is 2.17. The Labute approximate surface area is 101 Å². The lowest BCUT2D eigenvalue weighted by Gasteiger charge is -2.34. The molecule has 0 unspecified atom stereocenters. The number of alkyl halides is 1. The first-order valence-corrected chi connectivity index (χ1v) is 6.02. The van der Waals surface area contributed by atoms with E-state index in [2.05, 4.69) is 16.8 Å². The number of anilines is 1. The summed E-state index contributed by atoms with van der Waals surface area (Å²) < 4.78 is 13.8. The first-order valence-electron chi connectivity index (χ1n) is 5.48. The van der Waals surface area contributed by atoms with E-state index in [4.69, 9.17) is 11.6 Å². The fourth-order valence-corrected chi connectivity index (χ4v) is 2.10. The van der Waals surface area contributed by atoms with Crippen molar-refractivity contribution in [2.45, 2.75) is 5.88 Å². The molecule has 1 aliphatic heterocycles. The highest BCUT2D eigenvalue weighted by Crippen LogP contribution is 2.22. The highest BCUT2D eigenvalue weighted by atomic mass is 35.5. The molecule has 0 radical (unpaired) electrons. The van der Waals surface area contributed by atoms with Crippen molar-refractivity contribution in [1.82, 2.24) is 4.90 Å². The topological polar surface area (TPSA) is 6.48 Å². The molecule has 0 N–H and O–H groups in total. The first kappa shape index (κ1) is 11.7. The van der Waals surface area contributed by atoms with Gasteiger partial charge in [0.1, 0.15) is 5.82 Å². The van der Waals surface area contributed by atoms with Crippen molar-refractivity contribution < 1.29 is 4.39 Å². The van der Waals surface area contributed by atoms with Gasteiger partial charge in [0.2, 0.25) is 0 Å². The second kappa shape index (κ2) is 5.02. The van der Waals surface area contributed by atoms with E-state index in [1.807, 2.05) is 12.1 Å². The van der Waals surface area contributed by atoms with Gasteiger partial charge in [0.05, 0.1) is 5.69 Å². The van der Waals surface area contributed by atoms with Crippen LogP contribution in [-0.4, -0.2) is 38.1 Å². The summed E-state index contributed by atoms with van der Waals surface area (Å²) in [5, 5.41) is 0. The standard InChI is InChI=1S/C12H16ClFN2/c1-15-4-6-16(7-5-15)12-3-2-10(9-13)8-11(12)14/h2-3,8H,4-7,9H2,1H3. The lowest BCUT2D eigenvalue weighted by molar-refractivity contribution is 0.311. The van der Waals surface area contributed by atoms with Crippen LogP contribution < -0.4 is 4.90 Å². The summed E-state index contributed by atoms with van der Waals surface area (Å²) in [6.45, 7) is 3.73. The lowest BCUT2D eigenvalue weighted by Crippen LogP contribution is -2.44. The Kier molecular flexibility index (Phi) is 3.66. The summed E-state index contributed by atoms with van der Waals surface area (Å²) in [7, 11) is 2.09. The van der Waals surface area contributed by atoms with Gasteiger partial charge in [0, 0.05) is 32.1 Å². The molecule has 1 aromatic carbocycles. The molecule has 88 valence electrons. The van der Waals surface area contributed by atoms with Gasteiger partial charge in [-0.15, -0.1) is 11.6 Å². The van der Waals surface area contributed by atoms with E-state index in [9.17, 15) is 4.39 Å². The minimum absolute atomic E-state index is 0.164. The Bertz CT molecular complexity index is 362. The molecule has 1 aliphatic rings. The molecule has 0 spiro atoms. The molecule has 1 heterocycles. The van der Waals surface area contributed by atoms with Crippen LogP contribution in [0.5, 0.6) is 0 Å². The van der Waals surface area contributed by atoms with Gasteiger partial charge in [-0.3, -0.25) is 0 Å². The molecule has 0 amide bonds. The third-order valence-electron chi connectivity index (χ3n) is 3.01. The molecule has 16 heavy (non-hydrogen) atoms. The van der Waals surface area contributed by atoms with Crippen molar-refractivity contribution in [3.63, 3.8) is 0 Å². The van der Waals surface area contributed by atoms with Gasteiger partial charge in [0.15, 0.2) is 0 Å². The Balaban J connectivity index is 2.14. The van der Waals surface area contributed by atoms with Gasteiger partial charge >= 0.3 is 0 Å². The maximum atomic E-state index is 13.8. The molecule has 0 atom stereocenters. The molecule has 1 saturated heterocycles. The van der Waals surface area contributed by atoms with Crippen molar-refractivity contribution in [2.24, 2.45) is 0 Å². The maximum Gasteiger partial charge on any atom is 0.146 e. The van der Waals surface area contributed by atoms with E-state index >= 15 is 0 Å². The Morgan fingerprint density at radius 3 is 2.50 bits per heavy atom. The van der Waals surface area contributed by atoms with Crippen molar-refractivity contribution in [1.29, 1.82) is 0 Å². The van der Waals surface area contributed by atoms with Crippen LogP contribution in [-0.2, 0) is 5.88 Å². The molecular formula is C12H16ClFN2. The summed E-state index contributed by atoms with van der Waals surface area (Å²) in [5.41, 5.74) is 1.53. The van der Waals surface area contributed by atoms with E-state index in [0.29, 0.717) is 11.6 Å². The van der Waals surface area contributed by atoms with Crippen molar-refractivity contribution in [3.8, 4) is 0 Å². The number of hydrogen-bond donors (Lipinski definition) is 0. The summed E-state index contributed by atoms with van der Waals surface area (Å²) in [4.78, 5) is 4.34. The lowest BCUT2D eigenvalue weighted by atomic mass is 10.2. The third kappa shape index (κ3) is 2.47. The summed E-state index contributed by atoms with van der Waals surface area (Å²) in [6.07, 6.45) is 0. The number of halogens is 2. The van der Waals surface area contributed by atoms with Gasteiger partial charge < -0.3 is 9.80 Å². The quantitative estimate of drug-likeness (QED) is 0.735. The number of hydrogen-bond acceptors (Lipinski definition) is 2. The van der Waals surface area contributed by atoms with Gasteiger partial charge in [-0.1, -0.05) is 6.07 Å². The Morgan fingerprint density at radius 2 is 1.94 bits per heavy atom. The van der Waals surface area contributed by atoms with E-state index < -0.39 is 0 Å². The van der Waals surface area contributed by atoms with Crippen LogP contribution in [0.25, 0.3) is 0 Å². The predicted octanol–water partition coefficient (Wildman–Crippen LogP) is 2.32. The second-order valence-electron chi connectivity index (χ2n) is 4.21. The summed E-state index contributed by atoms with van der Waals surface area (Å²) in [6, 6.07) is 5.25. The normalized spacial score (nSPS) is 17.8. The van der Waals surface area contributed by atoms with Crippen LogP contribution in [0.1, 0.15) is 5.56 Å². The Hall–Kier alpha value is -0.800. The average molecular weight is 243 g/mol. The molecule has 0 aromatic heterocycles. The number of benzene rings is 1. The van der Waals surface area contributed by atoms with Gasteiger partial charge in [-0.2, -0.15) is 0 Å². The molecule has 2 nitrogen and oxygen atoms in total. The van der Waals surface area contributed by atoms with Crippen LogP contribution in [0.4, 0.5) is 10.1 Å². The molecule has 4 heteroatoms. The predicted molar refractivity (Wildman–Crippen MR) is 65.7 cm³/mol. The molecule has 1 fully saturated rings. The minimum atomic E-state index is -0.164. The van der Waals surface area contributed by atoms with Gasteiger partial charge in [-0.05, 0) is 24.7 Å². The largest absolute Gasteiger partial charge is 0.367 e. The summed E-state index contributed by atoms with van der Waals surface area (Å²) >= 11 is 5.67. The van der Waals surface area contributed by atoms with Crippen molar-refractivity contribution in [3.05, 3.63) is 29.6 Å². The van der Waals surface area contributed by atoms with E-state index in [-0.39, 0.29) is 5.82 Å². The molecular weight excluding hydrogens is 227 g/mol. The van der Waals surface area contributed by atoms with E-state index in [0.717, 1.165) is 31.7 Å². The third-order valence-corrected chi connectivity index (χ3v) is 3.32. The van der Waals surface area contributed by atoms with Crippen molar-refractivity contribution >= 4 is 17.3 Å². The smallest absolute Gasteiger partial charge is 0.146 e. The molecule has 0 aliphatic carbocycles. The maximum absolute atomic E-state index is 13.8. The molecule has 1 aromatic rings. The van der Waals surface area contributed by atoms with Gasteiger partial charge in [-0.25, -0.2) is 4.39 Å². The second-order valence-corrected chi connectivity index (χ2v) is 4.48. The average Bonchev–Trinajstić information content (AvgIpc) is 2.30. The van der Waals surface area contributed by atoms with Gasteiger partial charge in [0.25, 0.3) is 0 Å². The van der Waals surface area contributed by atoms with Crippen LogP contribution in [0, 0.1) is 5.82 Å². The zero-order valence-electron chi connectivity index (χ0n) is 9.42. The molecule has 2 rings (SSSR count). The SMILES string of the molecule is CN1CCN(c2ccc(CCl)cc2F)CC1. The number of piperazine rings is 1. The van der Waals surface area contributed by atoms with Crippen LogP contribution in [0.15, 0.2) is 18.2 Å². The first-order chi connectivity index (χ1) is 7.70. The molecule has 0 saturated carbocycles. The van der Waals surface area contributed by atoms with Crippen LogP contribution in [0.2, 0.25) is 0 Å². The Morgan fingerprint density at radius 1 is 1.25 bits per heavy atom. The number of likely N-dealkylation sites (N-methyl/N-ethyl adjacent to an activating group) is 1. The zero-order valence-corrected chi connectivity index (χ0v) is 10.2. The van der Waals surface area contributed by atoms with E-state index in [1.165, 1.54) is 6.07 Å². The zero-order chi connectivity index (χ0) is 11.5. The fourth-order valence-electron chi connectivity index (χ4n) is 1.94. The van der Waals surface area contributed by atoms with E-state index in [1.54, 1.807) is 0 Å². The van der Waals surface area contributed by atoms with Crippen molar-refractivity contribution in [2.75, 3.05) is 38.1 Å². The summed E-state index contributed by atoms with van der Waals surface area (Å²) in [5.74, 6) is 0.197. The fraction of sp³-hybridized carbons (Fsp3) is 0.500. The molecule has 0 bridgehead atoms. The van der Waals surface area contributed by atoms with Crippen LogP contribution in [0.3, 0.4) is 0 Å². The monoisotopic (exact) mass is 242 g/mol. The van der Waals surface area contributed by atoms with Crippen LogP contribution >= 0.6 is 11.6 Å². The highest BCUT2D eigenvalue weighted by molar-refractivity contribution is 6.17. The minimum Gasteiger partial charge on any atom is -0.367 e. The number of nitrogens with zero attached hydrogens (tertiary/aromatic N) is 2. The number of rotatable bonds is 2.